The van der Waals surface area contributed by atoms with Crippen LogP contribution in [-0.4, -0.2) is 121 Å². The number of hydrogen-bond donors (Lipinski definition) is 3. The molecule has 3 saturated heterocycles. The van der Waals surface area contributed by atoms with Crippen molar-refractivity contribution >= 4 is 52.4 Å². The Morgan fingerprint density at radius 2 is 1.75 bits per heavy atom. The van der Waals surface area contributed by atoms with Crippen LogP contribution in [0.5, 0.6) is 0 Å². The van der Waals surface area contributed by atoms with Crippen LogP contribution in [0.3, 0.4) is 0 Å². The molecular formula is C40H45F3N12O5. The number of imide groups is 1. The van der Waals surface area contributed by atoms with Crippen LogP contribution in [0.25, 0.3) is 5.65 Å². The molecule has 1 aromatic carbocycles. The lowest BCUT2D eigenvalue weighted by Gasteiger charge is -2.39. The number of rotatable bonds is 8. The number of nitrogens with one attached hydrogen (secondary N) is 2. The van der Waals surface area contributed by atoms with Gasteiger partial charge in [0, 0.05) is 81.3 Å². The Kier molecular flexibility index (Phi) is 10.4. The van der Waals surface area contributed by atoms with E-state index in [4.69, 9.17) is 5.73 Å². The van der Waals surface area contributed by atoms with Crippen LogP contribution in [0.15, 0.2) is 42.9 Å². The predicted molar refractivity (Wildman–Crippen MR) is 210 cm³/mol. The van der Waals surface area contributed by atoms with Gasteiger partial charge in [-0.15, -0.1) is 0 Å². The molecule has 17 nitrogen and oxygen atoms in total. The first-order chi connectivity index (χ1) is 28.9. The molecule has 0 bridgehead atoms. The number of piperidine rings is 2. The number of halogens is 3. The highest BCUT2D eigenvalue weighted by Gasteiger charge is 2.40. The summed E-state index contributed by atoms with van der Waals surface area (Å²) in [5.41, 5.74) is 7.75. The lowest BCUT2D eigenvalue weighted by molar-refractivity contribution is -0.138. The van der Waals surface area contributed by atoms with E-state index >= 15 is 0 Å². The van der Waals surface area contributed by atoms with Gasteiger partial charge in [0.25, 0.3) is 18.2 Å². The van der Waals surface area contributed by atoms with Gasteiger partial charge in [-0.3, -0.25) is 34.0 Å². The van der Waals surface area contributed by atoms with Crippen molar-refractivity contribution in [2.24, 2.45) is 11.7 Å². The van der Waals surface area contributed by atoms with Crippen LogP contribution >= 0.6 is 0 Å². The number of carbonyl (C=O) groups excluding carboxylic acids is 5. The van der Waals surface area contributed by atoms with Gasteiger partial charge >= 0.3 is 0 Å². The van der Waals surface area contributed by atoms with Gasteiger partial charge in [-0.1, -0.05) is 6.07 Å². The third kappa shape index (κ3) is 7.52. The number of amides is 5. The first kappa shape index (κ1) is 39.4. The largest absolute Gasteiger partial charge is 0.368 e. The maximum atomic E-state index is 14.3. The Labute approximate surface area is 342 Å². The molecular weight excluding hydrogens is 786 g/mol. The molecule has 4 N–H and O–H groups in total. The molecule has 1 saturated carbocycles. The number of anilines is 3. The Bertz CT molecular complexity index is 2340. The molecule has 4 aromatic rings. The Morgan fingerprint density at radius 3 is 2.48 bits per heavy atom. The molecule has 5 aliphatic rings. The van der Waals surface area contributed by atoms with E-state index < -0.39 is 36.1 Å². The summed E-state index contributed by atoms with van der Waals surface area (Å²) < 4.78 is 45.7. The maximum absolute atomic E-state index is 14.3. The highest BCUT2D eigenvalue weighted by atomic mass is 19.3. The Hall–Kier alpha value is -6.05. The van der Waals surface area contributed by atoms with E-state index in [9.17, 15) is 37.1 Å². The van der Waals surface area contributed by atoms with Gasteiger partial charge < -0.3 is 30.7 Å². The zero-order valence-corrected chi connectivity index (χ0v) is 32.7. The van der Waals surface area contributed by atoms with E-state index in [1.165, 1.54) is 26.5 Å². The second-order valence-corrected chi connectivity index (χ2v) is 16.3. The number of nitrogens with zero attached hydrogens (tertiary/aromatic N) is 9. The molecule has 1 unspecified atom stereocenters. The Balaban J connectivity index is 0.793. The molecule has 3 aromatic heterocycles. The molecule has 9 rings (SSSR count). The minimum Gasteiger partial charge on any atom is -0.368 e. The van der Waals surface area contributed by atoms with Crippen molar-refractivity contribution in [3.05, 3.63) is 65.2 Å². The fourth-order valence-corrected chi connectivity index (χ4v) is 9.27. The lowest BCUT2D eigenvalue weighted by Crippen LogP contribution is -2.52. The summed E-state index contributed by atoms with van der Waals surface area (Å²) >= 11 is 0. The molecule has 4 fully saturated rings. The molecule has 60 heavy (non-hydrogen) atoms. The van der Waals surface area contributed by atoms with E-state index in [-0.39, 0.29) is 72.0 Å². The van der Waals surface area contributed by atoms with Gasteiger partial charge in [-0.2, -0.15) is 10.2 Å². The predicted octanol–water partition coefficient (Wildman–Crippen LogP) is 2.83. The number of benzene rings is 1. The molecule has 4 aliphatic heterocycles. The normalized spacial score (nSPS) is 24.9. The van der Waals surface area contributed by atoms with Crippen molar-refractivity contribution in [3.8, 4) is 0 Å². The SMILES string of the molecule is N[C@@H]1C[C@@H](F)CN(c2ccn3ncc(C(=O)Nc4cn(C5CCC(C(=O)N6CCN(c7ccc8c(c7)C(=O)N(C7CCC(=O)NC7=O)C8)CC6)CC5)nc4C(F)F)c3n2)C1. The molecule has 5 amide bonds. The monoisotopic (exact) mass is 830 g/mol. The standard InChI is InChI=1S/C40H45F3N12O5/c41-24-15-25(44)20-52(19-24)32-9-10-54-36(47-32)29(17-45-54)37(57)46-30-21-55(49-34(30)35(42)43)26-4-1-22(2-5-26)39(59)51-13-11-50(12-14-51)27-6-3-23-18-53(40(60)28(23)16-27)31-7-8-33(56)48-38(31)58/h3,6,9-10,16-17,21-22,24-26,31,35H,1-2,4-5,7-8,11-15,18-20,44H2,(H,46,57)(H,48,56,58)/t22?,24-,25-,26?,31?/m1/s1. The number of nitrogens with two attached hydrogens (primary N) is 1. The summed E-state index contributed by atoms with van der Waals surface area (Å²) in [6, 6.07) is 6.04. The van der Waals surface area contributed by atoms with Gasteiger partial charge in [0.2, 0.25) is 17.7 Å². The van der Waals surface area contributed by atoms with Crippen molar-refractivity contribution in [3.63, 3.8) is 0 Å². The number of piperazine rings is 1. The van der Waals surface area contributed by atoms with Crippen molar-refractivity contribution in [2.45, 2.75) is 82.2 Å². The summed E-state index contributed by atoms with van der Waals surface area (Å²) in [4.78, 5) is 76.4. The van der Waals surface area contributed by atoms with Crippen LogP contribution in [-0.2, 0) is 20.9 Å². The number of alkyl halides is 3. The minimum absolute atomic E-state index is 0.0449. The van der Waals surface area contributed by atoms with E-state index in [2.05, 4.69) is 30.7 Å². The molecule has 0 spiro atoms. The van der Waals surface area contributed by atoms with Crippen LogP contribution in [0.1, 0.15) is 89.4 Å². The lowest BCUT2D eigenvalue weighted by atomic mass is 9.85. The molecule has 20 heteroatoms. The van der Waals surface area contributed by atoms with Crippen molar-refractivity contribution in [2.75, 3.05) is 54.4 Å². The van der Waals surface area contributed by atoms with Crippen molar-refractivity contribution in [1.29, 1.82) is 0 Å². The summed E-state index contributed by atoms with van der Waals surface area (Å²) in [7, 11) is 0. The van der Waals surface area contributed by atoms with Gasteiger partial charge in [-0.05, 0) is 62.3 Å². The second kappa shape index (κ2) is 15.9. The third-order valence-corrected chi connectivity index (χ3v) is 12.5. The average Bonchev–Trinajstić information content (AvgIpc) is 3.95. The van der Waals surface area contributed by atoms with E-state index in [0.29, 0.717) is 82.8 Å². The molecule has 7 heterocycles. The average molecular weight is 831 g/mol. The van der Waals surface area contributed by atoms with E-state index in [0.717, 1.165) is 11.3 Å². The number of aromatic nitrogens is 5. The second-order valence-electron chi connectivity index (χ2n) is 16.3. The van der Waals surface area contributed by atoms with Crippen LogP contribution in [0.4, 0.5) is 30.4 Å². The van der Waals surface area contributed by atoms with Gasteiger partial charge in [0.15, 0.2) is 11.3 Å². The van der Waals surface area contributed by atoms with Crippen LogP contribution in [0, 0.1) is 5.92 Å². The summed E-state index contributed by atoms with van der Waals surface area (Å²) in [6.07, 6.45) is 3.11. The first-order valence-electron chi connectivity index (χ1n) is 20.4. The quantitative estimate of drug-likeness (QED) is 0.221. The molecule has 1 aliphatic carbocycles. The van der Waals surface area contributed by atoms with Gasteiger partial charge in [0.1, 0.15) is 23.6 Å². The fraction of sp³-hybridized carbons (Fsp3) is 0.500. The maximum Gasteiger partial charge on any atom is 0.284 e. The number of fused-ring (bicyclic) bond motifs is 2. The highest BCUT2D eigenvalue weighted by molar-refractivity contribution is 6.08. The highest BCUT2D eigenvalue weighted by Crippen LogP contribution is 2.37. The summed E-state index contributed by atoms with van der Waals surface area (Å²) in [6.45, 7) is 2.95. The van der Waals surface area contributed by atoms with Gasteiger partial charge in [0.05, 0.1) is 24.5 Å². The summed E-state index contributed by atoms with van der Waals surface area (Å²) in [5.74, 6) is -1.47. The fourth-order valence-electron chi connectivity index (χ4n) is 9.27. The molecule has 3 atom stereocenters. The van der Waals surface area contributed by atoms with Gasteiger partial charge in [-0.25, -0.2) is 22.7 Å². The topological polar surface area (TPSA) is 196 Å². The first-order valence-corrected chi connectivity index (χ1v) is 20.4. The smallest absolute Gasteiger partial charge is 0.284 e. The zero-order valence-electron chi connectivity index (χ0n) is 32.7. The van der Waals surface area contributed by atoms with Crippen LogP contribution in [0.2, 0.25) is 0 Å². The van der Waals surface area contributed by atoms with Crippen molar-refractivity contribution in [1.82, 2.24) is 39.5 Å². The van der Waals surface area contributed by atoms with E-state index in [1.54, 1.807) is 17.2 Å². The number of hydrogen-bond acceptors (Lipinski definition) is 11. The molecule has 316 valence electrons. The third-order valence-electron chi connectivity index (χ3n) is 12.5. The van der Waals surface area contributed by atoms with Crippen LogP contribution < -0.4 is 26.2 Å². The molecule has 0 radical (unpaired) electrons. The minimum atomic E-state index is -2.96. The zero-order chi connectivity index (χ0) is 41.8. The summed E-state index contributed by atoms with van der Waals surface area (Å²) in [5, 5.41) is 13.3. The Morgan fingerprint density at radius 1 is 0.967 bits per heavy atom. The van der Waals surface area contributed by atoms with E-state index in [1.807, 2.05) is 23.1 Å². The van der Waals surface area contributed by atoms with Crippen molar-refractivity contribution < 1.29 is 37.1 Å². The number of carbonyl (C=O) groups is 5.